The Bertz CT molecular complexity index is 150. The van der Waals surface area contributed by atoms with Crippen molar-refractivity contribution in [1.29, 1.82) is 0 Å². The quantitative estimate of drug-likeness (QED) is 0.502. The zero-order valence-electron chi connectivity index (χ0n) is 11.0. The Morgan fingerprint density at radius 3 is 1.38 bits per heavy atom. The van der Waals surface area contributed by atoms with Gasteiger partial charge in [0.25, 0.3) is 0 Å². The first-order valence-corrected chi connectivity index (χ1v) is 5.40. The van der Waals surface area contributed by atoms with Gasteiger partial charge in [-0.15, -0.1) is 0 Å². The summed E-state index contributed by atoms with van der Waals surface area (Å²) in [6.45, 7) is 9.78. The molecule has 0 rings (SSSR count). The molecule has 0 saturated heterocycles. The Labute approximate surface area is 105 Å². The molecule has 0 atom stereocenters. The SMILES string of the molecule is CC(C)=CC(=O)[O-].CCC[NH3+].CCC[NH3+].[Cl-]. The van der Waals surface area contributed by atoms with E-state index >= 15 is 0 Å². The Kier molecular flexibility index (Phi) is 36.8. The topological polar surface area (TPSA) is 95.4 Å². The smallest absolute Gasteiger partial charge is 0.0737 e. The molecular formula is C11H27ClN2O2. The van der Waals surface area contributed by atoms with Gasteiger partial charge in [-0.2, -0.15) is 0 Å². The van der Waals surface area contributed by atoms with Gasteiger partial charge < -0.3 is 33.8 Å². The molecule has 0 aromatic carbocycles. The van der Waals surface area contributed by atoms with Crippen LogP contribution in [0.3, 0.4) is 0 Å². The maximum absolute atomic E-state index is 9.62. The molecule has 0 spiro atoms. The molecule has 0 saturated carbocycles. The Hall–Kier alpha value is -0.580. The molecule has 0 aromatic heterocycles. The third-order valence-corrected chi connectivity index (χ3v) is 1.11. The minimum atomic E-state index is -1.12. The number of carboxylic acid groups (broad SMARTS) is 1. The summed E-state index contributed by atoms with van der Waals surface area (Å²) in [6.07, 6.45) is 3.47. The summed E-state index contributed by atoms with van der Waals surface area (Å²) in [6, 6.07) is 0. The minimum Gasteiger partial charge on any atom is -1.00 e. The van der Waals surface area contributed by atoms with Gasteiger partial charge in [-0.05, 0) is 32.8 Å². The highest BCUT2D eigenvalue weighted by atomic mass is 35.5. The first-order valence-electron chi connectivity index (χ1n) is 5.40. The van der Waals surface area contributed by atoms with Crippen LogP contribution in [0.5, 0.6) is 0 Å². The number of halogens is 1. The van der Waals surface area contributed by atoms with E-state index in [9.17, 15) is 9.90 Å². The summed E-state index contributed by atoms with van der Waals surface area (Å²) in [5, 5.41) is 9.62. The van der Waals surface area contributed by atoms with E-state index in [1.807, 2.05) is 0 Å². The van der Waals surface area contributed by atoms with Gasteiger partial charge in [0.15, 0.2) is 0 Å². The third-order valence-electron chi connectivity index (χ3n) is 1.11. The lowest BCUT2D eigenvalue weighted by Gasteiger charge is -1.89. The lowest BCUT2D eigenvalue weighted by molar-refractivity contribution is -0.367. The number of hydrogen-bond acceptors (Lipinski definition) is 2. The number of allylic oxidation sites excluding steroid dienone is 1. The highest BCUT2D eigenvalue weighted by molar-refractivity contribution is 5.78. The summed E-state index contributed by atoms with van der Waals surface area (Å²) in [7, 11) is 0. The number of hydrogen-bond donors (Lipinski definition) is 2. The molecule has 6 N–H and O–H groups in total. The number of carbonyl (C=O) groups excluding carboxylic acids is 1. The van der Waals surface area contributed by atoms with Gasteiger partial charge in [0.1, 0.15) is 0 Å². The molecule has 5 heteroatoms. The lowest BCUT2D eigenvalue weighted by atomic mass is 10.3. The molecule has 0 aliphatic carbocycles. The molecule has 4 nitrogen and oxygen atoms in total. The van der Waals surface area contributed by atoms with Crippen LogP contribution >= 0.6 is 0 Å². The van der Waals surface area contributed by atoms with Crippen molar-refractivity contribution in [1.82, 2.24) is 0 Å². The zero-order valence-corrected chi connectivity index (χ0v) is 11.8. The van der Waals surface area contributed by atoms with Gasteiger partial charge in [-0.25, -0.2) is 0 Å². The molecule has 100 valence electrons. The van der Waals surface area contributed by atoms with Gasteiger partial charge >= 0.3 is 0 Å². The largest absolute Gasteiger partial charge is 1.00 e. The average Bonchev–Trinajstić information content (AvgIpc) is 2.16. The second-order valence-electron chi connectivity index (χ2n) is 3.25. The summed E-state index contributed by atoms with van der Waals surface area (Å²) >= 11 is 0. The summed E-state index contributed by atoms with van der Waals surface area (Å²) in [4.78, 5) is 9.62. The van der Waals surface area contributed by atoms with Gasteiger partial charge in [0.05, 0.1) is 19.1 Å². The molecule has 0 aromatic rings. The number of carbonyl (C=O) groups is 1. The molecule has 0 heterocycles. The Morgan fingerprint density at radius 1 is 1.12 bits per heavy atom. The van der Waals surface area contributed by atoms with E-state index in [1.54, 1.807) is 13.8 Å². The maximum Gasteiger partial charge on any atom is 0.0737 e. The predicted octanol–water partition coefficient (Wildman–Crippen LogP) is -4.02. The fourth-order valence-corrected chi connectivity index (χ4v) is 0.236. The fourth-order valence-electron chi connectivity index (χ4n) is 0.236. The normalized spacial score (nSPS) is 7.12. The van der Waals surface area contributed by atoms with Crippen molar-refractivity contribution in [2.45, 2.75) is 40.5 Å². The van der Waals surface area contributed by atoms with Crippen molar-refractivity contribution in [2.75, 3.05) is 13.1 Å². The van der Waals surface area contributed by atoms with Crippen molar-refractivity contribution >= 4 is 5.97 Å². The van der Waals surface area contributed by atoms with Crippen LogP contribution in [0.1, 0.15) is 40.5 Å². The van der Waals surface area contributed by atoms with Crippen molar-refractivity contribution in [3.63, 3.8) is 0 Å². The van der Waals surface area contributed by atoms with Crippen LogP contribution in [0.25, 0.3) is 0 Å². The van der Waals surface area contributed by atoms with E-state index in [1.165, 1.54) is 12.8 Å². The van der Waals surface area contributed by atoms with Crippen LogP contribution in [0.15, 0.2) is 11.6 Å². The monoisotopic (exact) mass is 254 g/mol. The van der Waals surface area contributed by atoms with Crippen molar-refractivity contribution in [3.05, 3.63) is 11.6 Å². The minimum absolute atomic E-state index is 0. The second-order valence-corrected chi connectivity index (χ2v) is 3.25. The Morgan fingerprint density at radius 2 is 1.38 bits per heavy atom. The van der Waals surface area contributed by atoms with Crippen molar-refractivity contribution in [2.24, 2.45) is 0 Å². The molecule has 0 unspecified atom stereocenters. The highest BCUT2D eigenvalue weighted by Crippen LogP contribution is 1.83. The summed E-state index contributed by atoms with van der Waals surface area (Å²) in [5.41, 5.74) is 7.96. The van der Waals surface area contributed by atoms with Crippen LogP contribution in [0.2, 0.25) is 0 Å². The van der Waals surface area contributed by atoms with Gasteiger partial charge in [-0.1, -0.05) is 19.4 Å². The van der Waals surface area contributed by atoms with Gasteiger partial charge in [0.2, 0.25) is 0 Å². The number of aliphatic carboxylic acids is 1. The number of rotatable bonds is 3. The molecule has 0 aliphatic rings. The van der Waals surface area contributed by atoms with Crippen LogP contribution in [-0.4, -0.2) is 19.1 Å². The average molecular weight is 255 g/mol. The first-order chi connectivity index (χ1) is 6.95. The van der Waals surface area contributed by atoms with Crippen LogP contribution in [0.4, 0.5) is 0 Å². The fraction of sp³-hybridized carbons (Fsp3) is 0.727. The van der Waals surface area contributed by atoms with E-state index in [-0.39, 0.29) is 12.4 Å². The van der Waals surface area contributed by atoms with E-state index in [0.29, 0.717) is 0 Å². The van der Waals surface area contributed by atoms with E-state index < -0.39 is 5.97 Å². The molecule has 0 radical (unpaired) electrons. The summed E-state index contributed by atoms with van der Waals surface area (Å²) < 4.78 is 0. The number of quaternary nitrogens is 2. The Balaban J connectivity index is -0.0000000700. The van der Waals surface area contributed by atoms with E-state index in [2.05, 4.69) is 25.3 Å². The second kappa shape index (κ2) is 23.9. The molecule has 0 aliphatic heterocycles. The summed E-state index contributed by atoms with van der Waals surface area (Å²) in [5.74, 6) is -1.12. The standard InChI is InChI=1S/C5H8O2.2C3H9N.ClH/c1-4(2)3-5(6)7;2*1-2-3-4;/h3H,1-2H3,(H,6,7);2*2-4H2,1H3;1H. The maximum atomic E-state index is 9.62. The molecule has 0 fully saturated rings. The van der Waals surface area contributed by atoms with Gasteiger partial charge in [-0.3, -0.25) is 0 Å². The molecule has 16 heavy (non-hydrogen) atoms. The highest BCUT2D eigenvalue weighted by Gasteiger charge is 1.72. The predicted molar refractivity (Wildman–Crippen MR) is 60.5 cm³/mol. The number of carboxylic acids is 1. The van der Waals surface area contributed by atoms with Crippen LogP contribution in [0, 0.1) is 0 Å². The molecule has 0 amide bonds. The van der Waals surface area contributed by atoms with E-state index in [4.69, 9.17) is 0 Å². The van der Waals surface area contributed by atoms with Crippen molar-refractivity contribution < 1.29 is 33.8 Å². The van der Waals surface area contributed by atoms with Gasteiger partial charge in [0, 0.05) is 0 Å². The third kappa shape index (κ3) is 70.5. The van der Waals surface area contributed by atoms with E-state index in [0.717, 1.165) is 24.7 Å². The molecular weight excluding hydrogens is 228 g/mol. The first kappa shape index (κ1) is 24.6. The zero-order chi connectivity index (χ0) is 12.7. The van der Waals surface area contributed by atoms with Crippen molar-refractivity contribution in [3.8, 4) is 0 Å². The molecule has 0 bridgehead atoms. The van der Waals surface area contributed by atoms with Crippen LogP contribution < -0.4 is 29.0 Å². The lowest BCUT2D eigenvalue weighted by Crippen LogP contribution is -3.00. The van der Waals surface area contributed by atoms with Crippen LogP contribution in [-0.2, 0) is 4.79 Å².